The fourth-order valence-electron chi connectivity index (χ4n) is 3.55. The van der Waals surface area contributed by atoms with Crippen molar-refractivity contribution in [3.05, 3.63) is 48.1 Å². The predicted octanol–water partition coefficient (Wildman–Crippen LogP) is 2.01. The summed E-state index contributed by atoms with van der Waals surface area (Å²) in [5.41, 5.74) is 1.44. The first-order valence-electron chi connectivity index (χ1n) is 9.82. The van der Waals surface area contributed by atoms with Crippen molar-refractivity contribution in [1.29, 1.82) is 0 Å². The van der Waals surface area contributed by atoms with Crippen LogP contribution >= 0.6 is 0 Å². The molecule has 2 aliphatic rings. The molecular formula is C20H22FN7O. The molecule has 3 aromatic heterocycles. The normalized spacial score (nSPS) is 16.8. The van der Waals surface area contributed by atoms with Crippen LogP contribution in [0.2, 0.25) is 0 Å². The highest BCUT2D eigenvalue weighted by atomic mass is 19.1. The standard InChI is InChI=1S/C20H22FN7O/c1-12-8-28-11-15(4-16(21)19(28)25-12)26-20(29)17-6-24-18(7-23-17)27-9-13(10-27)5-22-14-2-3-14/h4,6-8,11,13-14,22H,2-3,5,9-10H2,1H3,(H,26,29). The van der Waals surface area contributed by atoms with Crippen molar-refractivity contribution >= 4 is 23.1 Å². The molecule has 2 fully saturated rings. The molecule has 9 heteroatoms. The van der Waals surface area contributed by atoms with E-state index in [4.69, 9.17) is 0 Å². The Morgan fingerprint density at radius 2 is 2.07 bits per heavy atom. The Morgan fingerprint density at radius 3 is 2.79 bits per heavy atom. The lowest BCUT2D eigenvalue weighted by molar-refractivity contribution is 0.102. The van der Waals surface area contributed by atoms with E-state index < -0.39 is 11.7 Å². The minimum Gasteiger partial charge on any atom is -0.355 e. The largest absolute Gasteiger partial charge is 0.355 e. The van der Waals surface area contributed by atoms with Crippen molar-refractivity contribution in [3.8, 4) is 0 Å². The minimum atomic E-state index is -0.499. The van der Waals surface area contributed by atoms with E-state index in [0.717, 1.165) is 31.5 Å². The summed E-state index contributed by atoms with van der Waals surface area (Å²) in [6, 6.07) is 1.98. The molecule has 0 bridgehead atoms. The molecule has 29 heavy (non-hydrogen) atoms. The molecule has 0 atom stereocenters. The zero-order valence-electron chi connectivity index (χ0n) is 16.1. The fraction of sp³-hybridized carbons (Fsp3) is 0.400. The molecule has 3 aromatic rings. The Labute approximate surface area is 167 Å². The van der Waals surface area contributed by atoms with Crippen LogP contribution in [0.4, 0.5) is 15.9 Å². The van der Waals surface area contributed by atoms with Crippen LogP contribution in [0.25, 0.3) is 5.65 Å². The van der Waals surface area contributed by atoms with Gasteiger partial charge in [0.15, 0.2) is 11.5 Å². The van der Waals surface area contributed by atoms with Crippen molar-refractivity contribution < 1.29 is 9.18 Å². The number of hydrogen-bond donors (Lipinski definition) is 2. The van der Waals surface area contributed by atoms with Gasteiger partial charge >= 0.3 is 0 Å². The van der Waals surface area contributed by atoms with E-state index >= 15 is 0 Å². The summed E-state index contributed by atoms with van der Waals surface area (Å²) in [6.07, 6.45) is 8.98. The summed E-state index contributed by atoms with van der Waals surface area (Å²) >= 11 is 0. The van der Waals surface area contributed by atoms with Crippen LogP contribution < -0.4 is 15.5 Å². The molecule has 150 valence electrons. The summed E-state index contributed by atoms with van der Waals surface area (Å²) in [6.45, 7) is 4.73. The van der Waals surface area contributed by atoms with Crippen LogP contribution in [-0.4, -0.2) is 50.9 Å². The maximum atomic E-state index is 14.2. The summed E-state index contributed by atoms with van der Waals surface area (Å²) in [4.78, 5) is 27.3. The Hall–Kier alpha value is -3.07. The Bertz CT molecular complexity index is 1050. The lowest BCUT2D eigenvalue weighted by Gasteiger charge is -2.40. The van der Waals surface area contributed by atoms with Crippen molar-refractivity contribution in [2.24, 2.45) is 5.92 Å². The number of nitrogens with zero attached hydrogens (tertiary/aromatic N) is 5. The Kier molecular flexibility index (Phi) is 4.39. The molecule has 1 saturated heterocycles. The highest BCUT2D eigenvalue weighted by molar-refractivity contribution is 6.02. The van der Waals surface area contributed by atoms with Crippen LogP contribution in [0.1, 0.15) is 29.0 Å². The minimum absolute atomic E-state index is 0.184. The van der Waals surface area contributed by atoms with Gasteiger partial charge in [-0.3, -0.25) is 4.79 Å². The SMILES string of the molecule is Cc1cn2cc(NC(=O)c3cnc(N4CC(CNC5CC5)C4)cn3)cc(F)c2n1. The van der Waals surface area contributed by atoms with E-state index in [-0.39, 0.29) is 11.3 Å². The number of amides is 1. The summed E-state index contributed by atoms with van der Waals surface area (Å²) < 4.78 is 15.7. The lowest BCUT2D eigenvalue weighted by Crippen LogP contribution is -2.51. The molecule has 5 rings (SSSR count). The van der Waals surface area contributed by atoms with Gasteiger partial charge in [0, 0.05) is 50.1 Å². The molecule has 1 amide bonds. The van der Waals surface area contributed by atoms with Crippen molar-refractivity contribution in [1.82, 2.24) is 24.7 Å². The lowest BCUT2D eigenvalue weighted by atomic mass is 10.0. The summed E-state index contributed by atoms with van der Waals surface area (Å²) in [5.74, 6) is 0.471. The Balaban J connectivity index is 1.20. The molecule has 0 radical (unpaired) electrons. The van der Waals surface area contributed by atoms with E-state index in [1.807, 2.05) is 0 Å². The molecule has 2 N–H and O–H groups in total. The smallest absolute Gasteiger partial charge is 0.275 e. The number of halogens is 1. The van der Waals surface area contributed by atoms with Crippen molar-refractivity contribution in [3.63, 3.8) is 0 Å². The van der Waals surface area contributed by atoms with Crippen LogP contribution in [0.15, 0.2) is 30.9 Å². The molecule has 1 saturated carbocycles. The fourth-order valence-corrected chi connectivity index (χ4v) is 3.55. The van der Waals surface area contributed by atoms with Gasteiger partial charge < -0.3 is 19.9 Å². The average Bonchev–Trinajstić information content (AvgIpc) is 3.41. The number of pyridine rings is 1. The van der Waals surface area contributed by atoms with Gasteiger partial charge in [-0.2, -0.15) is 0 Å². The van der Waals surface area contributed by atoms with E-state index in [1.54, 1.807) is 29.9 Å². The quantitative estimate of drug-likeness (QED) is 0.664. The van der Waals surface area contributed by atoms with Crippen LogP contribution in [0.3, 0.4) is 0 Å². The third kappa shape index (κ3) is 3.77. The van der Waals surface area contributed by atoms with E-state index in [1.165, 1.54) is 25.1 Å². The first-order valence-corrected chi connectivity index (χ1v) is 9.82. The first-order chi connectivity index (χ1) is 14.0. The Morgan fingerprint density at radius 1 is 1.24 bits per heavy atom. The van der Waals surface area contributed by atoms with Gasteiger partial charge in [-0.1, -0.05) is 0 Å². The van der Waals surface area contributed by atoms with Gasteiger partial charge in [-0.15, -0.1) is 0 Å². The highest BCUT2D eigenvalue weighted by Crippen LogP contribution is 2.24. The zero-order chi connectivity index (χ0) is 20.0. The molecular weight excluding hydrogens is 373 g/mol. The van der Waals surface area contributed by atoms with Gasteiger partial charge in [-0.05, 0) is 19.8 Å². The number of carbonyl (C=O) groups is 1. The second-order valence-corrected chi connectivity index (χ2v) is 7.86. The van der Waals surface area contributed by atoms with Crippen LogP contribution in [-0.2, 0) is 0 Å². The number of nitrogens with one attached hydrogen (secondary N) is 2. The third-order valence-corrected chi connectivity index (χ3v) is 5.31. The summed E-state index contributed by atoms with van der Waals surface area (Å²) in [5, 5.41) is 6.21. The van der Waals surface area contributed by atoms with E-state index in [2.05, 4.69) is 30.5 Å². The number of rotatable bonds is 6. The number of imidazole rings is 1. The molecule has 1 aliphatic carbocycles. The second-order valence-electron chi connectivity index (χ2n) is 7.86. The van der Waals surface area contributed by atoms with E-state index in [9.17, 15) is 9.18 Å². The maximum absolute atomic E-state index is 14.2. The molecule has 4 heterocycles. The average molecular weight is 395 g/mol. The molecule has 0 unspecified atom stereocenters. The second kappa shape index (κ2) is 7.07. The topological polar surface area (TPSA) is 87.5 Å². The number of fused-ring (bicyclic) bond motifs is 1. The van der Waals surface area contributed by atoms with Crippen molar-refractivity contribution in [2.45, 2.75) is 25.8 Å². The number of anilines is 2. The van der Waals surface area contributed by atoms with Gasteiger partial charge in [0.1, 0.15) is 11.5 Å². The number of hydrogen-bond acceptors (Lipinski definition) is 6. The van der Waals surface area contributed by atoms with Gasteiger partial charge in [-0.25, -0.2) is 19.3 Å². The van der Waals surface area contributed by atoms with Crippen LogP contribution in [0.5, 0.6) is 0 Å². The van der Waals surface area contributed by atoms with Gasteiger partial charge in [0.25, 0.3) is 5.91 Å². The number of carbonyl (C=O) groups excluding carboxylic acids is 1. The first kappa shape index (κ1) is 18.0. The van der Waals surface area contributed by atoms with Gasteiger partial charge in [0.2, 0.25) is 0 Å². The maximum Gasteiger partial charge on any atom is 0.275 e. The number of aryl methyl sites for hydroxylation is 1. The van der Waals surface area contributed by atoms with Crippen molar-refractivity contribution in [2.75, 3.05) is 29.9 Å². The molecule has 8 nitrogen and oxygen atoms in total. The monoisotopic (exact) mass is 395 g/mol. The highest BCUT2D eigenvalue weighted by Gasteiger charge is 2.30. The summed E-state index contributed by atoms with van der Waals surface area (Å²) in [7, 11) is 0. The molecule has 0 spiro atoms. The molecule has 0 aromatic carbocycles. The molecule has 1 aliphatic heterocycles. The van der Waals surface area contributed by atoms with Crippen LogP contribution in [0, 0.1) is 18.7 Å². The van der Waals surface area contributed by atoms with Gasteiger partial charge in [0.05, 0.1) is 23.8 Å². The third-order valence-electron chi connectivity index (χ3n) is 5.31. The number of aromatic nitrogens is 4. The zero-order valence-corrected chi connectivity index (χ0v) is 16.1. The van der Waals surface area contributed by atoms with E-state index in [0.29, 0.717) is 17.3 Å². The predicted molar refractivity (Wildman–Crippen MR) is 107 cm³/mol.